The summed E-state index contributed by atoms with van der Waals surface area (Å²) in [5, 5.41) is 10.3. The third-order valence-corrected chi connectivity index (χ3v) is 4.25. The zero-order chi connectivity index (χ0) is 15.0. The number of likely N-dealkylation sites (tertiary alicyclic amines) is 1. The third kappa shape index (κ3) is 2.94. The van der Waals surface area contributed by atoms with Crippen LogP contribution in [0.1, 0.15) is 30.1 Å². The Morgan fingerprint density at radius 1 is 1.29 bits per heavy atom. The molecule has 0 bridgehead atoms. The van der Waals surface area contributed by atoms with Crippen LogP contribution in [-0.2, 0) is 0 Å². The molecule has 1 N–H and O–H groups in total. The summed E-state index contributed by atoms with van der Waals surface area (Å²) in [7, 11) is 0. The Morgan fingerprint density at radius 3 is 2.67 bits per heavy atom. The molecular formula is C15H18ClNO4. The molecule has 3 rings (SSSR count). The number of hydrogen-bond acceptors (Lipinski definition) is 4. The molecule has 5 nitrogen and oxygen atoms in total. The average Bonchev–Trinajstić information content (AvgIpc) is 2.46. The molecule has 1 fully saturated rings. The Balaban J connectivity index is 1.81. The van der Waals surface area contributed by atoms with E-state index in [0.717, 1.165) is 0 Å². The van der Waals surface area contributed by atoms with Gasteiger partial charge in [0.1, 0.15) is 13.2 Å². The summed E-state index contributed by atoms with van der Waals surface area (Å²) in [6.45, 7) is 3.79. The fourth-order valence-corrected chi connectivity index (χ4v) is 2.87. The largest absolute Gasteiger partial charge is 0.486 e. The minimum Gasteiger partial charge on any atom is -0.486 e. The van der Waals surface area contributed by atoms with Gasteiger partial charge in [0, 0.05) is 18.7 Å². The van der Waals surface area contributed by atoms with Crippen LogP contribution in [0.3, 0.4) is 0 Å². The van der Waals surface area contributed by atoms with Gasteiger partial charge in [0.25, 0.3) is 5.91 Å². The Labute approximate surface area is 128 Å². The number of nitrogens with zero attached hydrogens (tertiary/aromatic N) is 1. The fourth-order valence-electron chi connectivity index (χ4n) is 2.61. The second kappa shape index (κ2) is 5.39. The smallest absolute Gasteiger partial charge is 0.254 e. The second-order valence-electron chi connectivity index (χ2n) is 5.77. The molecule has 2 aliphatic rings. The molecule has 0 aliphatic carbocycles. The monoisotopic (exact) mass is 311 g/mol. The number of aliphatic hydroxyl groups is 1. The fraction of sp³-hybridized carbons (Fsp3) is 0.533. The van der Waals surface area contributed by atoms with E-state index in [-0.39, 0.29) is 5.91 Å². The van der Waals surface area contributed by atoms with E-state index < -0.39 is 5.60 Å². The molecule has 0 aromatic heterocycles. The van der Waals surface area contributed by atoms with Crippen LogP contribution in [0.5, 0.6) is 11.5 Å². The summed E-state index contributed by atoms with van der Waals surface area (Å²) < 4.78 is 10.9. The van der Waals surface area contributed by atoms with Crippen molar-refractivity contribution in [2.45, 2.75) is 25.4 Å². The molecule has 0 radical (unpaired) electrons. The molecule has 0 saturated carbocycles. The van der Waals surface area contributed by atoms with Crippen LogP contribution in [0, 0.1) is 0 Å². The number of halogens is 1. The summed E-state index contributed by atoms with van der Waals surface area (Å²) in [6, 6.07) is 3.29. The van der Waals surface area contributed by atoms with E-state index in [1.54, 1.807) is 24.0 Å². The van der Waals surface area contributed by atoms with Gasteiger partial charge in [0.15, 0.2) is 11.5 Å². The van der Waals surface area contributed by atoms with Crippen molar-refractivity contribution >= 4 is 17.5 Å². The minimum atomic E-state index is -0.679. The van der Waals surface area contributed by atoms with Crippen molar-refractivity contribution in [2.24, 2.45) is 0 Å². The van der Waals surface area contributed by atoms with Gasteiger partial charge in [-0.2, -0.15) is 0 Å². The number of amides is 1. The average molecular weight is 312 g/mol. The van der Waals surface area contributed by atoms with Gasteiger partial charge >= 0.3 is 0 Å². The molecule has 1 amide bonds. The molecular weight excluding hydrogens is 294 g/mol. The van der Waals surface area contributed by atoms with Crippen LogP contribution in [0.25, 0.3) is 0 Å². The molecule has 0 unspecified atom stereocenters. The number of benzene rings is 1. The SMILES string of the molecule is CC1(O)CCN(C(=O)c2cc(Cl)c3c(c2)OCCO3)CC1. The highest BCUT2D eigenvalue weighted by Gasteiger charge is 2.30. The molecule has 2 heterocycles. The van der Waals surface area contributed by atoms with E-state index in [1.807, 2.05) is 0 Å². The lowest BCUT2D eigenvalue weighted by Gasteiger charge is -2.36. The predicted octanol–water partition coefficient (Wildman–Crippen LogP) is 2.10. The van der Waals surface area contributed by atoms with E-state index >= 15 is 0 Å². The summed E-state index contributed by atoms with van der Waals surface area (Å²) in [6.07, 6.45) is 1.16. The third-order valence-electron chi connectivity index (χ3n) is 3.97. The van der Waals surface area contributed by atoms with Crippen LogP contribution in [0.15, 0.2) is 12.1 Å². The predicted molar refractivity (Wildman–Crippen MR) is 78.2 cm³/mol. The summed E-state index contributed by atoms with van der Waals surface area (Å²) in [5.41, 5.74) is -0.188. The maximum atomic E-state index is 12.5. The highest BCUT2D eigenvalue weighted by Crippen LogP contribution is 2.38. The normalized spacial score (nSPS) is 20.2. The second-order valence-corrected chi connectivity index (χ2v) is 6.18. The Morgan fingerprint density at radius 2 is 1.95 bits per heavy atom. The van der Waals surface area contributed by atoms with Crippen LogP contribution in [-0.4, -0.2) is 47.8 Å². The maximum Gasteiger partial charge on any atom is 0.254 e. The van der Waals surface area contributed by atoms with E-state index in [2.05, 4.69) is 0 Å². The van der Waals surface area contributed by atoms with Crippen molar-refractivity contribution in [3.05, 3.63) is 22.7 Å². The molecule has 6 heteroatoms. The quantitative estimate of drug-likeness (QED) is 0.863. The molecule has 2 aliphatic heterocycles. The first kappa shape index (κ1) is 14.5. The number of carbonyl (C=O) groups is 1. The molecule has 1 saturated heterocycles. The van der Waals surface area contributed by atoms with Gasteiger partial charge in [-0.25, -0.2) is 0 Å². The van der Waals surface area contributed by atoms with Gasteiger partial charge in [-0.3, -0.25) is 4.79 Å². The van der Waals surface area contributed by atoms with Crippen molar-refractivity contribution in [1.29, 1.82) is 0 Å². The van der Waals surface area contributed by atoms with Crippen LogP contribution in [0.4, 0.5) is 0 Å². The Kier molecular flexibility index (Phi) is 3.71. The first-order chi connectivity index (χ1) is 9.96. The van der Waals surface area contributed by atoms with Crippen LogP contribution >= 0.6 is 11.6 Å². The van der Waals surface area contributed by atoms with E-state index in [4.69, 9.17) is 21.1 Å². The summed E-state index contributed by atoms with van der Waals surface area (Å²) >= 11 is 6.16. The van der Waals surface area contributed by atoms with Crippen LogP contribution < -0.4 is 9.47 Å². The van der Waals surface area contributed by atoms with Crippen molar-refractivity contribution < 1.29 is 19.4 Å². The van der Waals surface area contributed by atoms with Gasteiger partial charge in [-0.05, 0) is 31.9 Å². The van der Waals surface area contributed by atoms with Crippen molar-refractivity contribution in [3.8, 4) is 11.5 Å². The van der Waals surface area contributed by atoms with E-state index in [0.29, 0.717) is 61.2 Å². The van der Waals surface area contributed by atoms with Crippen molar-refractivity contribution in [1.82, 2.24) is 4.90 Å². The van der Waals surface area contributed by atoms with Gasteiger partial charge in [0.05, 0.1) is 10.6 Å². The summed E-state index contributed by atoms with van der Waals surface area (Å²) in [5.74, 6) is 0.923. The maximum absolute atomic E-state index is 12.5. The molecule has 0 spiro atoms. The van der Waals surface area contributed by atoms with Crippen molar-refractivity contribution in [2.75, 3.05) is 26.3 Å². The Bertz CT molecular complexity index is 563. The first-order valence-corrected chi connectivity index (χ1v) is 7.45. The lowest BCUT2D eigenvalue weighted by atomic mass is 9.93. The first-order valence-electron chi connectivity index (χ1n) is 7.07. The van der Waals surface area contributed by atoms with Gasteiger partial charge in [-0.15, -0.1) is 0 Å². The van der Waals surface area contributed by atoms with Gasteiger partial charge in [0.2, 0.25) is 0 Å². The lowest BCUT2D eigenvalue weighted by Crippen LogP contribution is -2.45. The number of fused-ring (bicyclic) bond motifs is 1. The van der Waals surface area contributed by atoms with Gasteiger partial charge in [-0.1, -0.05) is 11.6 Å². The number of rotatable bonds is 1. The van der Waals surface area contributed by atoms with Crippen LogP contribution in [0.2, 0.25) is 5.02 Å². The molecule has 114 valence electrons. The van der Waals surface area contributed by atoms with Crippen molar-refractivity contribution in [3.63, 3.8) is 0 Å². The van der Waals surface area contributed by atoms with E-state index in [1.165, 1.54) is 0 Å². The number of piperidine rings is 1. The molecule has 0 atom stereocenters. The minimum absolute atomic E-state index is 0.0932. The molecule has 1 aromatic carbocycles. The standard InChI is InChI=1S/C15H18ClNO4/c1-15(19)2-4-17(5-3-15)14(18)10-8-11(16)13-12(9-10)20-6-7-21-13/h8-9,19H,2-7H2,1H3. The zero-order valence-electron chi connectivity index (χ0n) is 11.9. The van der Waals surface area contributed by atoms with Gasteiger partial charge < -0.3 is 19.5 Å². The number of ether oxygens (including phenoxy) is 2. The highest BCUT2D eigenvalue weighted by molar-refractivity contribution is 6.32. The molecule has 21 heavy (non-hydrogen) atoms. The molecule has 1 aromatic rings. The number of hydrogen-bond donors (Lipinski definition) is 1. The Hall–Kier alpha value is -1.46. The summed E-state index contributed by atoms with van der Waals surface area (Å²) in [4.78, 5) is 14.3. The lowest BCUT2D eigenvalue weighted by molar-refractivity contribution is -0.00204. The zero-order valence-corrected chi connectivity index (χ0v) is 12.7. The topological polar surface area (TPSA) is 59.0 Å². The van der Waals surface area contributed by atoms with E-state index in [9.17, 15) is 9.90 Å². The highest BCUT2D eigenvalue weighted by atomic mass is 35.5. The number of carbonyl (C=O) groups excluding carboxylic acids is 1.